The van der Waals surface area contributed by atoms with Crippen molar-refractivity contribution in [2.24, 2.45) is 0 Å². The Morgan fingerprint density at radius 3 is 1.76 bits per heavy atom. The summed E-state index contributed by atoms with van der Waals surface area (Å²) in [7, 11) is 0. The van der Waals surface area contributed by atoms with Gasteiger partial charge < -0.3 is 31.3 Å². The van der Waals surface area contributed by atoms with Gasteiger partial charge in [-0.2, -0.15) is 0 Å². The van der Waals surface area contributed by atoms with E-state index >= 15 is 0 Å². The number of nitrogens with zero attached hydrogens (tertiary/aromatic N) is 1. The molecular formula is C34H24N4O8. The first-order valence-corrected chi connectivity index (χ1v) is 13.6. The topological polar surface area (TPSA) is 198 Å². The number of hydrogen-bond donors (Lipinski definition) is 5. The third-order valence-corrected chi connectivity index (χ3v) is 6.65. The average molecular weight is 617 g/mol. The molecule has 12 heteroatoms. The molecule has 0 atom stereocenters. The highest BCUT2D eigenvalue weighted by molar-refractivity contribution is 6.16. The lowest BCUT2D eigenvalue weighted by Crippen LogP contribution is -2.19. The van der Waals surface area contributed by atoms with Gasteiger partial charge in [0.05, 0.1) is 22.3 Å². The molecule has 1 aromatic heterocycles. The highest BCUT2D eigenvalue weighted by Gasteiger charge is 2.23. The number of carboxylic acid groups (broad SMARTS) is 2. The lowest BCUT2D eigenvalue weighted by Gasteiger charge is -2.12. The van der Waals surface area contributed by atoms with Crippen LogP contribution in [0, 0.1) is 0 Å². The molecule has 0 saturated carbocycles. The lowest BCUT2D eigenvalue weighted by molar-refractivity contribution is 0.0683. The standard InChI is InChI=1S/C34H24N4O8/c35-21-6-10-23(11-7-21)46-24-12-8-22(9-13-24)37-31(40)25-14-4-20(18-28(25)34(44)45)30(39)19-5-15-26(33(42)43)27(17-19)32(41)38-29-3-1-2-16-36-29/h1-18H,35H2,(H,37,40)(H,42,43)(H,44,45)(H,36,38,41). The first kappa shape index (κ1) is 30.6. The van der Waals surface area contributed by atoms with E-state index in [9.17, 15) is 34.2 Å². The first-order valence-electron chi connectivity index (χ1n) is 13.6. The molecule has 2 amide bonds. The van der Waals surface area contributed by atoms with Gasteiger partial charge in [0.2, 0.25) is 0 Å². The van der Waals surface area contributed by atoms with Crippen LogP contribution in [0.25, 0.3) is 0 Å². The molecule has 0 unspecified atom stereocenters. The molecule has 0 saturated heterocycles. The Morgan fingerprint density at radius 2 is 1.17 bits per heavy atom. The number of nitrogen functional groups attached to an aromatic ring is 1. The van der Waals surface area contributed by atoms with Crippen molar-refractivity contribution in [2.75, 3.05) is 16.4 Å². The Kier molecular flexibility index (Phi) is 8.80. The summed E-state index contributed by atoms with van der Waals surface area (Å²) in [6, 6.07) is 24.9. The summed E-state index contributed by atoms with van der Waals surface area (Å²) in [4.78, 5) is 67.3. The normalized spacial score (nSPS) is 10.4. The van der Waals surface area contributed by atoms with Gasteiger partial charge in [-0.15, -0.1) is 0 Å². The average Bonchev–Trinajstić information content (AvgIpc) is 3.06. The number of aromatic nitrogens is 1. The van der Waals surface area contributed by atoms with Crippen LogP contribution in [0.3, 0.4) is 0 Å². The van der Waals surface area contributed by atoms with Crippen molar-refractivity contribution in [2.45, 2.75) is 0 Å². The number of amides is 2. The second-order valence-corrected chi connectivity index (χ2v) is 9.78. The maximum Gasteiger partial charge on any atom is 0.336 e. The molecule has 5 aromatic rings. The number of ketones is 1. The second-order valence-electron chi connectivity index (χ2n) is 9.78. The van der Waals surface area contributed by atoms with Gasteiger partial charge in [-0.1, -0.05) is 18.2 Å². The van der Waals surface area contributed by atoms with E-state index in [2.05, 4.69) is 15.6 Å². The Balaban J connectivity index is 1.35. The smallest absolute Gasteiger partial charge is 0.336 e. The summed E-state index contributed by atoms with van der Waals surface area (Å²) >= 11 is 0. The van der Waals surface area contributed by atoms with Crippen LogP contribution in [0.2, 0.25) is 0 Å². The minimum Gasteiger partial charge on any atom is -0.478 e. The van der Waals surface area contributed by atoms with Gasteiger partial charge in [0, 0.05) is 28.7 Å². The molecule has 0 aliphatic heterocycles. The summed E-state index contributed by atoms with van der Waals surface area (Å²) in [5, 5.41) is 24.6. The van der Waals surface area contributed by atoms with Crippen LogP contribution >= 0.6 is 0 Å². The number of carbonyl (C=O) groups excluding carboxylic acids is 3. The number of ether oxygens (including phenoxy) is 1. The Hall–Kier alpha value is -6.82. The Bertz CT molecular complexity index is 1980. The number of anilines is 3. The van der Waals surface area contributed by atoms with E-state index in [1.165, 1.54) is 30.5 Å². The van der Waals surface area contributed by atoms with Crippen LogP contribution in [0.15, 0.2) is 109 Å². The van der Waals surface area contributed by atoms with Crippen molar-refractivity contribution in [3.63, 3.8) is 0 Å². The van der Waals surface area contributed by atoms with Crippen LogP contribution in [0.1, 0.15) is 57.4 Å². The molecule has 12 nitrogen and oxygen atoms in total. The molecule has 46 heavy (non-hydrogen) atoms. The zero-order valence-corrected chi connectivity index (χ0v) is 23.8. The summed E-state index contributed by atoms with van der Waals surface area (Å²) in [5.74, 6) is -3.87. The third kappa shape index (κ3) is 7.03. The lowest BCUT2D eigenvalue weighted by atomic mass is 9.95. The number of nitrogens with one attached hydrogen (secondary N) is 2. The molecule has 4 aromatic carbocycles. The molecule has 0 fully saturated rings. The maximum atomic E-state index is 13.4. The van der Waals surface area contributed by atoms with E-state index in [4.69, 9.17) is 10.5 Å². The van der Waals surface area contributed by atoms with Gasteiger partial charge >= 0.3 is 11.9 Å². The SMILES string of the molecule is Nc1ccc(Oc2ccc(NC(=O)c3ccc(C(=O)c4ccc(C(=O)O)c(C(=O)Nc5ccccn5)c4)cc3C(=O)O)cc2)cc1. The largest absolute Gasteiger partial charge is 0.478 e. The van der Waals surface area contributed by atoms with Crippen molar-refractivity contribution < 1.29 is 38.9 Å². The molecule has 0 bridgehead atoms. The van der Waals surface area contributed by atoms with E-state index < -0.39 is 35.1 Å². The monoisotopic (exact) mass is 616 g/mol. The number of rotatable bonds is 10. The fourth-order valence-electron chi connectivity index (χ4n) is 4.38. The van der Waals surface area contributed by atoms with Crippen LogP contribution in [0.4, 0.5) is 17.2 Å². The van der Waals surface area contributed by atoms with Gasteiger partial charge in [0.1, 0.15) is 17.3 Å². The molecular weight excluding hydrogens is 592 g/mol. The molecule has 0 radical (unpaired) electrons. The molecule has 5 rings (SSSR count). The van der Waals surface area contributed by atoms with Crippen molar-refractivity contribution in [3.05, 3.63) is 143 Å². The molecule has 6 N–H and O–H groups in total. The zero-order valence-electron chi connectivity index (χ0n) is 23.8. The highest BCUT2D eigenvalue weighted by Crippen LogP contribution is 2.25. The highest BCUT2D eigenvalue weighted by atomic mass is 16.5. The van der Waals surface area contributed by atoms with Gasteiger partial charge in [-0.3, -0.25) is 14.4 Å². The first-order chi connectivity index (χ1) is 22.1. The summed E-state index contributed by atoms with van der Waals surface area (Å²) < 4.78 is 5.73. The van der Waals surface area contributed by atoms with E-state index in [1.807, 2.05) is 0 Å². The van der Waals surface area contributed by atoms with Crippen molar-refractivity contribution >= 4 is 46.7 Å². The molecule has 228 valence electrons. The number of benzene rings is 4. The molecule has 1 heterocycles. The summed E-state index contributed by atoms with van der Waals surface area (Å²) in [6.45, 7) is 0. The number of hydrogen-bond acceptors (Lipinski definition) is 8. The van der Waals surface area contributed by atoms with Crippen LogP contribution in [0.5, 0.6) is 11.5 Å². The molecule has 0 aliphatic carbocycles. The van der Waals surface area contributed by atoms with Crippen LogP contribution in [-0.2, 0) is 0 Å². The number of nitrogens with two attached hydrogens (primary N) is 1. The summed E-state index contributed by atoms with van der Waals surface area (Å²) in [5.41, 5.74) is 5.15. The van der Waals surface area contributed by atoms with Crippen molar-refractivity contribution in [3.8, 4) is 11.5 Å². The quantitative estimate of drug-likeness (QED) is 0.0974. The minimum absolute atomic E-state index is 0.0778. The third-order valence-electron chi connectivity index (χ3n) is 6.65. The van der Waals surface area contributed by atoms with Gasteiger partial charge in [-0.05, 0) is 84.9 Å². The molecule has 0 aliphatic rings. The minimum atomic E-state index is -1.45. The van der Waals surface area contributed by atoms with E-state index in [1.54, 1.807) is 60.7 Å². The zero-order chi connectivity index (χ0) is 32.8. The number of carbonyl (C=O) groups is 5. The Labute approximate surface area is 261 Å². The second kappa shape index (κ2) is 13.2. The predicted octanol–water partition coefficient (Wildman–Crippen LogP) is 5.59. The van der Waals surface area contributed by atoms with Crippen LogP contribution < -0.4 is 21.1 Å². The fraction of sp³-hybridized carbons (Fsp3) is 0. The van der Waals surface area contributed by atoms with Gasteiger partial charge in [0.25, 0.3) is 11.8 Å². The summed E-state index contributed by atoms with van der Waals surface area (Å²) in [6.07, 6.45) is 1.44. The van der Waals surface area contributed by atoms with Gasteiger partial charge in [-0.25, -0.2) is 14.6 Å². The number of aromatic carboxylic acids is 2. The molecule has 0 spiro atoms. The predicted molar refractivity (Wildman–Crippen MR) is 168 cm³/mol. The van der Waals surface area contributed by atoms with Gasteiger partial charge in [0.15, 0.2) is 5.78 Å². The number of pyridine rings is 1. The Morgan fingerprint density at radius 1 is 0.609 bits per heavy atom. The van der Waals surface area contributed by atoms with E-state index in [-0.39, 0.29) is 33.6 Å². The fourth-order valence-corrected chi connectivity index (χ4v) is 4.38. The van der Waals surface area contributed by atoms with E-state index in [0.29, 0.717) is 22.9 Å². The van der Waals surface area contributed by atoms with E-state index in [0.717, 1.165) is 18.2 Å². The number of carboxylic acids is 2. The maximum absolute atomic E-state index is 13.4. The van der Waals surface area contributed by atoms with Crippen molar-refractivity contribution in [1.29, 1.82) is 0 Å². The van der Waals surface area contributed by atoms with Crippen molar-refractivity contribution in [1.82, 2.24) is 4.98 Å². The van der Waals surface area contributed by atoms with Crippen LogP contribution in [-0.4, -0.2) is 44.7 Å².